The Kier molecular flexibility index (Phi) is 4.66. The van der Waals surface area contributed by atoms with Gasteiger partial charge in [-0.05, 0) is 55.4 Å². The first-order chi connectivity index (χ1) is 12.0. The minimum absolute atomic E-state index is 0.101. The van der Waals surface area contributed by atoms with E-state index in [0.717, 1.165) is 43.4 Å². The quantitative estimate of drug-likeness (QED) is 0.291. The number of carbonyl (C=O) groups excluding carboxylic acids is 1. The van der Waals surface area contributed by atoms with Gasteiger partial charge in [0.05, 0.1) is 5.41 Å². The van der Waals surface area contributed by atoms with Gasteiger partial charge in [-0.1, -0.05) is 36.0 Å². The molecule has 0 radical (unpaired) electrons. The van der Waals surface area contributed by atoms with Gasteiger partial charge in [0.1, 0.15) is 0 Å². The van der Waals surface area contributed by atoms with E-state index in [1.165, 1.54) is 5.56 Å². The molecule has 1 saturated heterocycles. The second-order valence-corrected chi connectivity index (χ2v) is 7.06. The van der Waals surface area contributed by atoms with E-state index in [2.05, 4.69) is 11.7 Å². The van der Waals surface area contributed by atoms with E-state index in [4.69, 9.17) is 10.9 Å². The number of oxime groups is 1. The van der Waals surface area contributed by atoms with Crippen molar-refractivity contribution >= 4 is 11.7 Å². The Morgan fingerprint density at radius 3 is 2.96 bits per heavy atom. The average molecular weight is 339 g/mol. The zero-order valence-electron chi connectivity index (χ0n) is 14.7. The van der Waals surface area contributed by atoms with Crippen LogP contribution in [0.4, 0.5) is 0 Å². The highest BCUT2D eigenvalue weighted by atomic mass is 16.4. The van der Waals surface area contributed by atoms with Gasteiger partial charge in [-0.15, -0.1) is 0 Å². The van der Waals surface area contributed by atoms with Crippen molar-refractivity contribution in [3.8, 4) is 0 Å². The number of benzene rings is 1. The SMILES string of the molecule is C=C(/C=C/C)CN1CC[C@@]2(CCc3ccc(/C(N)=N/O)cc3C2)C1=O. The van der Waals surface area contributed by atoms with Crippen LogP contribution in [-0.2, 0) is 17.6 Å². The molecule has 0 unspecified atom stereocenters. The molecule has 1 aliphatic heterocycles. The Balaban J connectivity index is 1.81. The van der Waals surface area contributed by atoms with Crippen molar-refractivity contribution in [2.45, 2.75) is 32.6 Å². The maximum absolute atomic E-state index is 13.1. The highest BCUT2D eigenvalue weighted by Gasteiger charge is 2.47. The summed E-state index contributed by atoms with van der Waals surface area (Å²) in [7, 11) is 0. The summed E-state index contributed by atoms with van der Waals surface area (Å²) in [6.07, 6.45) is 7.28. The van der Waals surface area contributed by atoms with E-state index in [9.17, 15) is 4.79 Å². The Hall–Kier alpha value is -2.56. The first-order valence-corrected chi connectivity index (χ1v) is 8.68. The molecular weight excluding hydrogens is 314 g/mol. The molecule has 0 saturated carbocycles. The van der Waals surface area contributed by atoms with E-state index in [-0.39, 0.29) is 17.2 Å². The summed E-state index contributed by atoms with van der Waals surface area (Å²) in [6, 6.07) is 5.86. The Bertz CT molecular complexity index is 766. The number of nitrogens with zero attached hydrogens (tertiary/aromatic N) is 2. The lowest BCUT2D eigenvalue weighted by Crippen LogP contribution is -2.39. The van der Waals surface area contributed by atoms with Crippen LogP contribution in [0.15, 0.2) is 47.7 Å². The lowest BCUT2D eigenvalue weighted by Gasteiger charge is -2.33. The smallest absolute Gasteiger partial charge is 0.229 e. The van der Waals surface area contributed by atoms with E-state index < -0.39 is 0 Å². The maximum Gasteiger partial charge on any atom is 0.229 e. The van der Waals surface area contributed by atoms with E-state index in [0.29, 0.717) is 12.1 Å². The lowest BCUT2D eigenvalue weighted by molar-refractivity contribution is -0.136. The Morgan fingerprint density at radius 1 is 1.44 bits per heavy atom. The van der Waals surface area contributed by atoms with Gasteiger partial charge < -0.3 is 15.8 Å². The number of hydrogen-bond donors (Lipinski definition) is 2. The molecule has 0 aromatic heterocycles. The third kappa shape index (κ3) is 3.18. The van der Waals surface area contributed by atoms with Gasteiger partial charge in [-0.3, -0.25) is 4.79 Å². The van der Waals surface area contributed by atoms with Crippen molar-refractivity contribution in [3.05, 3.63) is 59.2 Å². The minimum atomic E-state index is -0.313. The molecule has 1 aliphatic carbocycles. The largest absolute Gasteiger partial charge is 0.409 e. The van der Waals surface area contributed by atoms with Gasteiger partial charge in [0.2, 0.25) is 5.91 Å². The number of aryl methyl sites for hydroxylation is 1. The van der Waals surface area contributed by atoms with Crippen LogP contribution in [0, 0.1) is 5.41 Å². The summed E-state index contributed by atoms with van der Waals surface area (Å²) in [5.74, 6) is 0.336. The summed E-state index contributed by atoms with van der Waals surface area (Å²) in [4.78, 5) is 15.0. The molecule has 1 atom stereocenters. The molecule has 1 aromatic rings. The molecule has 1 amide bonds. The van der Waals surface area contributed by atoms with Crippen LogP contribution in [0.5, 0.6) is 0 Å². The highest BCUT2D eigenvalue weighted by Crippen LogP contribution is 2.44. The molecule has 2 aliphatic rings. The van der Waals surface area contributed by atoms with E-state index >= 15 is 0 Å². The zero-order chi connectivity index (χ0) is 18.0. The first-order valence-electron chi connectivity index (χ1n) is 8.68. The summed E-state index contributed by atoms with van der Waals surface area (Å²) < 4.78 is 0. The molecule has 1 fully saturated rings. The Morgan fingerprint density at radius 2 is 2.24 bits per heavy atom. The molecule has 3 rings (SSSR count). The fourth-order valence-corrected chi connectivity index (χ4v) is 4.05. The number of fused-ring (bicyclic) bond motifs is 1. The monoisotopic (exact) mass is 339 g/mol. The zero-order valence-corrected chi connectivity index (χ0v) is 14.7. The van der Waals surface area contributed by atoms with Crippen LogP contribution in [0.3, 0.4) is 0 Å². The van der Waals surface area contributed by atoms with Crippen molar-refractivity contribution in [2.24, 2.45) is 16.3 Å². The molecule has 5 nitrogen and oxygen atoms in total. The van der Waals surface area contributed by atoms with Crippen LogP contribution in [0.25, 0.3) is 0 Å². The topological polar surface area (TPSA) is 78.9 Å². The molecule has 1 spiro atoms. The predicted octanol–water partition coefficient (Wildman–Crippen LogP) is 2.62. The lowest BCUT2D eigenvalue weighted by atomic mass is 9.70. The molecule has 25 heavy (non-hydrogen) atoms. The predicted molar refractivity (Wildman–Crippen MR) is 98.6 cm³/mol. The summed E-state index contributed by atoms with van der Waals surface area (Å²) in [6.45, 7) is 7.36. The second kappa shape index (κ2) is 6.75. The highest BCUT2D eigenvalue weighted by molar-refractivity contribution is 5.97. The second-order valence-electron chi connectivity index (χ2n) is 7.06. The number of nitrogens with two attached hydrogens (primary N) is 1. The van der Waals surface area contributed by atoms with Crippen LogP contribution in [-0.4, -0.2) is 34.9 Å². The van der Waals surface area contributed by atoms with Crippen molar-refractivity contribution < 1.29 is 10.0 Å². The van der Waals surface area contributed by atoms with Gasteiger partial charge in [-0.2, -0.15) is 0 Å². The fraction of sp³-hybridized carbons (Fsp3) is 0.400. The van der Waals surface area contributed by atoms with E-state index in [1.54, 1.807) is 0 Å². The van der Waals surface area contributed by atoms with Gasteiger partial charge in [0.25, 0.3) is 0 Å². The summed E-state index contributed by atoms with van der Waals surface area (Å²) in [5.41, 5.74) is 9.45. The number of amides is 1. The number of likely N-dealkylation sites (tertiary alicyclic amines) is 1. The van der Waals surface area contributed by atoms with Gasteiger partial charge in [0.15, 0.2) is 5.84 Å². The third-order valence-electron chi connectivity index (χ3n) is 5.41. The number of hydrogen-bond acceptors (Lipinski definition) is 3. The van der Waals surface area contributed by atoms with Crippen molar-refractivity contribution in [1.29, 1.82) is 0 Å². The molecule has 3 N–H and O–H groups in total. The van der Waals surface area contributed by atoms with Crippen LogP contribution in [0.1, 0.15) is 36.5 Å². The van der Waals surface area contributed by atoms with Crippen LogP contribution < -0.4 is 5.73 Å². The molecule has 1 aromatic carbocycles. The van der Waals surface area contributed by atoms with Crippen molar-refractivity contribution in [3.63, 3.8) is 0 Å². The van der Waals surface area contributed by atoms with Crippen molar-refractivity contribution in [2.75, 3.05) is 13.1 Å². The molecule has 5 heteroatoms. The minimum Gasteiger partial charge on any atom is -0.409 e. The number of allylic oxidation sites excluding steroid dienone is 1. The Labute approximate surface area is 148 Å². The average Bonchev–Trinajstić information content (AvgIpc) is 2.90. The first kappa shape index (κ1) is 17.3. The number of amidine groups is 1. The number of rotatable bonds is 4. The summed E-state index contributed by atoms with van der Waals surface area (Å²) >= 11 is 0. The fourth-order valence-electron chi connectivity index (χ4n) is 4.05. The number of carbonyl (C=O) groups is 1. The van der Waals surface area contributed by atoms with E-state index in [1.807, 2.05) is 42.2 Å². The standard InChI is InChI=1S/C20H25N3O2/c1-3-4-14(2)13-23-10-9-20(19(23)24)8-7-15-5-6-16(18(21)22-25)11-17(15)12-20/h3-6,11,25H,2,7-10,12-13H2,1H3,(H2,21,22)/b4-3+/t20-/m1/s1. The van der Waals surface area contributed by atoms with Gasteiger partial charge in [-0.25, -0.2) is 0 Å². The third-order valence-corrected chi connectivity index (χ3v) is 5.41. The maximum atomic E-state index is 13.1. The van der Waals surface area contributed by atoms with Crippen molar-refractivity contribution in [1.82, 2.24) is 4.90 Å². The van der Waals surface area contributed by atoms with Gasteiger partial charge >= 0.3 is 0 Å². The molecule has 1 heterocycles. The molecule has 132 valence electrons. The normalized spacial score (nSPS) is 23.5. The van der Waals surface area contributed by atoms with Gasteiger partial charge in [0, 0.05) is 18.7 Å². The molecule has 0 bridgehead atoms. The van der Waals surface area contributed by atoms with Crippen LogP contribution >= 0.6 is 0 Å². The van der Waals surface area contributed by atoms with Crippen LogP contribution in [0.2, 0.25) is 0 Å². The summed E-state index contributed by atoms with van der Waals surface area (Å²) in [5, 5.41) is 12.0. The molecular formula is C20H25N3O2.